The van der Waals surface area contributed by atoms with E-state index in [4.69, 9.17) is 4.74 Å². The molecule has 1 aromatic heterocycles. The van der Waals surface area contributed by atoms with E-state index < -0.39 is 5.60 Å². The maximum atomic E-state index is 11.9. The Labute approximate surface area is 101 Å². The van der Waals surface area contributed by atoms with Crippen molar-refractivity contribution in [1.82, 2.24) is 4.57 Å². The van der Waals surface area contributed by atoms with E-state index in [2.05, 4.69) is 6.08 Å². The van der Waals surface area contributed by atoms with Crippen LogP contribution in [-0.2, 0) is 4.74 Å². The molecule has 0 fully saturated rings. The van der Waals surface area contributed by atoms with Crippen LogP contribution < -0.4 is 0 Å². The number of allylic oxidation sites excluding steroid dienone is 2. The molecule has 1 aliphatic heterocycles. The molecule has 0 unspecified atom stereocenters. The quantitative estimate of drug-likeness (QED) is 0.694. The van der Waals surface area contributed by atoms with Gasteiger partial charge in [0, 0.05) is 18.1 Å². The number of carbonyl (C=O) groups excluding carboxylic acids is 1. The monoisotopic (exact) mass is 231 g/mol. The maximum Gasteiger partial charge on any atom is 0.340 e. The van der Waals surface area contributed by atoms with Gasteiger partial charge in [-0.05, 0) is 39.3 Å². The van der Waals surface area contributed by atoms with Crippen LogP contribution in [0.2, 0.25) is 0 Å². The first kappa shape index (κ1) is 11.7. The van der Waals surface area contributed by atoms with Crippen molar-refractivity contribution < 1.29 is 9.53 Å². The van der Waals surface area contributed by atoms with Gasteiger partial charge >= 0.3 is 5.97 Å². The van der Waals surface area contributed by atoms with Gasteiger partial charge in [-0.2, -0.15) is 0 Å². The Morgan fingerprint density at radius 1 is 1.35 bits per heavy atom. The molecule has 0 aliphatic carbocycles. The molecule has 0 amide bonds. The zero-order valence-electron chi connectivity index (χ0n) is 10.4. The van der Waals surface area contributed by atoms with Gasteiger partial charge in [0.25, 0.3) is 0 Å². The summed E-state index contributed by atoms with van der Waals surface area (Å²) in [5.41, 5.74) is 1.13. The summed E-state index contributed by atoms with van der Waals surface area (Å²) in [5.74, 6) is -0.278. The SMILES string of the molecule is CC(C)(C)OC(=O)c1cc2n(c1)C=CCC=C2. The molecule has 0 N–H and O–H groups in total. The fourth-order valence-corrected chi connectivity index (χ4v) is 1.65. The zero-order chi connectivity index (χ0) is 12.5. The van der Waals surface area contributed by atoms with Crippen LogP contribution in [0.15, 0.2) is 24.4 Å². The van der Waals surface area contributed by atoms with Gasteiger partial charge in [-0.25, -0.2) is 4.79 Å². The highest BCUT2D eigenvalue weighted by Crippen LogP contribution is 2.18. The van der Waals surface area contributed by atoms with E-state index in [1.807, 2.05) is 49.8 Å². The second-order valence-corrected chi connectivity index (χ2v) is 5.09. The van der Waals surface area contributed by atoms with Crippen molar-refractivity contribution in [2.24, 2.45) is 0 Å². The Morgan fingerprint density at radius 2 is 2.12 bits per heavy atom. The molecule has 0 bridgehead atoms. The van der Waals surface area contributed by atoms with Gasteiger partial charge < -0.3 is 9.30 Å². The number of aromatic nitrogens is 1. The summed E-state index contributed by atoms with van der Waals surface area (Å²) in [6.45, 7) is 5.60. The molecule has 0 radical (unpaired) electrons. The number of esters is 1. The van der Waals surface area contributed by atoms with Crippen LogP contribution in [0.5, 0.6) is 0 Å². The Bertz CT molecular complexity index is 457. The number of rotatable bonds is 1. The Kier molecular flexibility index (Phi) is 2.92. The van der Waals surface area contributed by atoms with Crippen LogP contribution in [0.25, 0.3) is 12.3 Å². The molecule has 1 aromatic rings. The third kappa shape index (κ3) is 2.87. The lowest BCUT2D eigenvalue weighted by Gasteiger charge is -2.18. The van der Waals surface area contributed by atoms with Crippen LogP contribution in [0.1, 0.15) is 43.2 Å². The first-order chi connectivity index (χ1) is 7.96. The minimum Gasteiger partial charge on any atom is -0.456 e. The fourth-order valence-electron chi connectivity index (χ4n) is 1.65. The van der Waals surface area contributed by atoms with Gasteiger partial charge in [0.1, 0.15) is 5.60 Å². The molecule has 1 aliphatic rings. The van der Waals surface area contributed by atoms with Crippen molar-refractivity contribution in [1.29, 1.82) is 0 Å². The predicted molar refractivity (Wildman–Crippen MR) is 68.6 cm³/mol. The highest BCUT2D eigenvalue weighted by Gasteiger charge is 2.19. The number of ether oxygens (including phenoxy) is 1. The molecule has 17 heavy (non-hydrogen) atoms. The normalized spacial score (nSPS) is 14.3. The van der Waals surface area contributed by atoms with Gasteiger partial charge in [-0.1, -0.05) is 12.2 Å². The van der Waals surface area contributed by atoms with Crippen molar-refractivity contribution in [3.05, 3.63) is 35.7 Å². The summed E-state index contributed by atoms with van der Waals surface area (Å²) in [6.07, 6.45) is 10.8. The van der Waals surface area contributed by atoms with Gasteiger partial charge in [-0.3, -0.25) is 0 Å². The largest absolute Gasteiger partial charge is 0.456 e. The van der Waals surface area contributed by atoms with E-state index in [0.29, 0.717) is 5.56 Å². The van der Waals surface area contributed by atoms with Gasteiger partial charge in [-0.15, -0.1) is 0 Å². The molecule has 2 heterocycles. The Morgan fingerprint density at radius 3 is 2.82 bits per heavy atom. The molecule has 0 saturated heterocycles. The molecule has 3 heteroatoms. The van der Waals surface area contributed by atoms with Crippen molar-refractivity contribution in [3.8, 4) is 0 Å². The molecule has 0 atom stereocenters. The average molecular weight is 231 g/mol. The van der Waals surface area contributed by atoms with Crippen LogP contribution in [0, 0.1) is 0 Å². The highest BCUT2D eigenvalue weighted by atomic mass is 16.6. The molecule has 0 aromatic carbocycles. The summed E-state index contributed by atoms with van der Waals surface area (Å²) in [5, 5.41) is 0. The fraction of sp³-hybridized carbons (Fsp3) is 0.357. The molecule has 3 nitrogen and oxygen atoms in total. The first-order valence-corrected chi connectivity index (χ1v) is 5.74. The molecule has 2 rings (SSSR count). The van der Waals surface area contributed by atoms with Gasteiger partial charge in [0.15, 0.2) is 0 Å². The van der Waals surface area contributed by atoms with Crippen molar-refractivity contribution in [2.45, 2.75) is 32.8 Å². The van der Waals surface area contributed by atoms with Crippen molar-refractivity contribution >= 4 is 18.2 Å². The van der Waals surface area contributed by atoms with Crippen LogP contribution in [0.4, 0.5) is 0 Å². The van der Waals surface area contributed by atoms with E-state index >= 15 is 0 Å². The maximum absolute atomic E-state index is 11.9. The Balaban J connectivity index is 2.24. The molecule has 0 saturated carbocycles. The average Bonchev–Trinajstić information content (AvgIpc) is 2.48. The van der Waals surface area contributed by atoms with E-state index in [1.54, 1.807) is 6.20 Å². The number of fused-ring (bicyclic) bond motifs is 1. The number of hydrogen-bond donors (Lipinski definition) is 0. The second-order valence-electron chi connectivity index (χ2n) is 5.09. The summed E-state index contributed by atoms with van der Waals surface area (Å²) >= 11 is 0. The molecule has 90 valence electrons. The number of carbonyl (C=O) groups is 1. The summed E-state index contributed by atoms with van der Waals surface area (Å²) in [4.78, 5) is 11.9. The first-order valence-electron chi connectivity index (χ1n) is 5.74. The smallest absolute Gasteiger partial charge is 0.340 e. The predicted octanol–water partition coefficient (Wildman–Crippen LogP) is 3.33. The minimum atomic E-state index is -0.456. The summed E-state index contributed by atoms with van der Waals surface area (Å²) < 4.78 is 7.27. The molecular weight excluding hydrogens is 214 g/mol. The van der Waals surface area contributed by atoms with E-state index in [0.717, 1.165) is 12.1 Å². The lowest BCUT2D eigenvalue weighted by molar-refractivity contribution is 0.00697. The highest BCUT2D eigenvalue weighted by molar-refractivity contribution is 5.90. The van der Waals surface area contributed by atoms with Gasteiger partial charge in [0.05, 0.1) is 5.56 Å². The zero-order valence-corrected chi connectivity index (χ0v) is 10.4. The third-order valence-corrected chi connectivity index (χ3v) is 2.34. The second kappa shape index (κ2) is 4.24. The van der Waals surface area contributed by atoms with Crippen LogP contribution >= 0.6 is 0 Å². The van der Waals surface area contributed by atoms with Crippen molar-refractivity contribution in [3.63, 3.8) is 0 Å². The van der Waals surface area contributed by atoms with E-state index in [9.17, 15) is 4.79 Å². The summed E-state index contributed by atoms with van der Waals surface area (Å²) in [6, 6.07) is 1.85. The van der Waals surface area contributed by atoms with Crippen LogP contribution in [-0.4, -0.2) is 16.1 Å². The van der Waals surface area contributed by atoms with Crippen molar-refractivity contribution in [2.75, 3.05) is 0 Å². The topological polar surface area (TPSA) is 31.2 Å². The Hall–Kier alpha value is -1.77. The number of hydrogen-bond acceptors (Lipinski definition) is 2. The van der Waals surface area contributed by atoms with E-state index in [1.165, 1.54) is 0 Å². The third-order valence-electron chi connectivity index (χ3n) is 2.34. The standard InChI is InChI=1S/C14H17NO2/c1-14(2,3)17-13(16)11-9-12-7-5-4-6-8-15(12)10-11/h5-10H,4H2,1-3H3. The lowest BCUT2D eigenvalue weighted by Crippen LogP contribution is -2.23. The molecule has 0 spiro atoms. The van der Waals surface area contributed by atoms with Crippen LogP contribution in [0.3, 0.4) is 0 Å². The summed E-state index contributed by atoms with van der Waals surface area (Å²) in [7, 11) is 0. The molecular formula is C14H17NO2. The minimum absolute atomic E-state index is 0.278. The van der Waals surface area contributed by atoms with Gasteiger partial charge in [0.2, 0.25) is 0 Å². The van der Waals surface area contributed by atoms with E-state index in [-0.39, 0.29) is 5.97 Å². The lowest BCUT2D eigenvalue weighted by atomic mass is 10.2. The number of nitrogens with zero attached hydrogens (tertiary/aromatic N) is 1.